The van der Waals surface area contributed by atoms with Crippen LogP contribution in [0.1, 0.15) is 0 Å². The summed E-state index contributed by atoms with van der Waals surface area (Å²) in [4.78, 5) is 26.0. The highest BCUT2D eigenvalue weighted by Gasteiger charge is 2.21. The number of nitrogens with one attached hydrogen (secondary N) is 1. The van der Waals surface area contributed by atoms with E-state index in [1.54, 1.807) is 24.1 Å². The molecule has 2 amide bonds. The molecule has 0 aliphatic carbocycles. The predicted molar refractivity (Wildman–Crippen MR) is 82.2 cm³/mol. The maximum Gasteiger partial charge on any atom is 0.317 e. The molecule has 1 saturated heterocycles. The number of nitro groups is 1. The number of nitro benzene ring substituents is 1. The van der Waals surface area contributed by atoms with Crippen LogP contribution in [0.25, 0.3) is 0 Å². The quantitative estimate of drug-likeness (QED) is 0.499. The van der Waals surface area contributed by atoms with Crippen LogP contribution in [0.5, 0.6) is 0 Å². The highest BCUT2D eigenvalue weighted by molar-refractivity contribution is 5.74. The van der Waals surface area contributed by atoms with Crippen molar-refractivity contribution in [2.24, 2.45) is 0 Å². The van der Waals surface area contributed by atoms with E-state index in [0.717, 1.165) is 5.69 Å². The average molecular weight is 308 g/mol. The van der Waals surface area contributed by atoms with Crippen molar-refractivity contribution in [3.05, 3.63) is 34.4 Å². The molecule has 0 spiro atoms. The number of benzene rings is 1. The van der Waals surface area contributed by atoms with E-state index in [2.05, 4.69) is 10.2 Å². The van der Waals surface area contributed by atoms with Crippen molar-refractivity contribution in [2.45, 2.75) is 0 Å². The molecule has 1 heterocycles. The van der Waals surface area contributed by atoms with Crippen LogP contribution in [-0.2, 0) is 4.74 Å². The van der Waals surface area contributed by atoms with Gasteiger partial charge in [0.15, 0.2) is 0 Å². The largest absolute Gasteiger partial charge is 0.383 e. The van der Waals surface area contributed by atoms with Crippen LogP contribution < -0.4 is 10.2 Å². The molecule has 1 aliphatic heterocycles. The summed E-state index contributed by atoms with van der Waals surface area (Å²) >= 11 is 0. The Labute approximate surface area is 128 Å². The minimum atomic E-state index is -0.411. The van der Waals surface area contributed by atoms with E-state index in [1.807, 2.05) is 0 Å². The topological polar surface area (TPSA) is 88.0 Å². The number of methoxy groups -OCH3 is 1. The van der Waals surface area contributed by atoms with E-state index in [-0.39, 0.29) is 11.7 Å². The van der Waals surface area contributed by atoms with Gasteiger partial charge in [-0.05, 0) is 12.1 Å². The molecule has 22 heavy (non-hydrogen) atoms. The molecule has 1 fully saturated rings. The number of piperazine rings is 1. The molecule has 2 rings (SSSR count). The monoisotopic (exact) mass is 308 g/mol. The lowest BCUT2D eigenvalue weighted by Crippen LogP contribution is -2.52. The minimum absolute atomic E-state index is 0.0830. The number of nitrogens with zero attached hydrogens (tertiary/aromatic N) is 3. The first-order valence-corrected chi connectivity index (χ1v) is 7.13. The number of urea groups is 1. The maximum atomic E-state index is 11.9. The molecular formula is C14H20N4O4. The summed E-state index contributed by atoms with van der Waals surface area (Å²) in [6, 6.07) is 6.40. The number of non-ortho nitro benzene ring substituents is 1. The Hall–Kier alpha value is -2.35. The summed E-state index contributed by atoms with van der Waals surface area (Å²) in [7, 11) is 1.59. The van der Waals surface area contributed by atoms with Crippen molar-refractivity contribution < 1.29 is 14.5 Å². The Balaban J connectivity index is 1.83. The van der Waals surface area contributed by atoms with Gasteiger partial charge in [-0.3, -0.25) is 10.1 Å². The molecular weight excluding hydrogens is 288 g/mol. The van der Waals surface area contributed by atoms with Crippen LogP contribution in [0.4, 0.5) is 16.2 Å². The van der Waals surface area contributed by atoms with Crippen LogP contribution in [0.3, 0.4) is 0 Å². The first-order chi connectivity index (χ1) is 10.6. The van der Waals surface area contributed by atoms with Crippen LogP contribution in [0, 0.1) is 10.1 Å². The first-order valence-electron chi connectivity index (χ1n) is 7.13. The van der Waals surface area contributed by atoms with Gasteiger partial charge >= 0.3 is 6.03 Å². The second kappa shape index (κ2) is 7.60. The summed E-state index contributed by atoms with van der Waals surface area (Å²) in [5.74, 6) is 0. The maximum absolute atomic E-state index is 11.9. The lowest BCUT2D eigenvalue weighted by Gasteiger charge is -2.36. The van der Waals surface area contributed by atoms with Gasteiger partial charge in [0, 0.05) is 57.7 Å². The van der Waals surface area contributed by atoms with Gasteiger partial charge in [0.25, 0.3) is 5.69 Å². The van der Waals surface area contributed by atoms with Gasteiger partial charge in [0.1, 0.15) is 0 Å². The number of carbonyl (C=O) groups is 1. The van der Waals surface area contributed by atoms with Crippen LogP contribution >= 0.6 is 0 Å². The third-order valence-corrected chi connectivity index (χ3v) is 3.57. The smallest absolute Gasteiger partial charge is 0.317 e. The molecule has 1 N–H and O–H groups in total. The zero-order valence-electron chi connectivity index (χ0n) is 12.5. The Morgan fingerprint density at radius 1 is 1.27 bits per heavy atom. The molecule has 0 atom stereocenters. The van der Waals surface area contributed by atoms with E-state index in [1.165, 1.54) is 12.1 Å². The van der Waals surface area contributed by atoms with Gasteiger partial charge in [-0.1, -0.05) is 0 Å². The number of amides is 2. The number of rotatable bonds is 5. The number of carbonyl (C=O) groups excluding carboxylic acids is 1. The van der Waals surface area contributed by atoms with Gasteiger partial charge in [0.2, 0.25) is 0 Å². The van der Waals surface area contributed by atoms with Gasteiger partial charge in [0.05, 0.1) is 11.5 Å². The highest BCUT2D eigenvalue weighted by atomic mass is 16.6. The second-order valence-corrected chi connectivity index (χ2v) is 4.97. The zero-order valence-corrected chi connectivity index (χ0v) is 12.5. The Bertz CT molecular complexity index is 512. The van der Waals surface area contributed by atoms with Crippen LogP contribution in [-0.4, -0.2) is 62.3 Å². The molecule has 1 aromatic carbocycles. The van der Waals surface area contributed by atoms with Crippen LogP contribution in [0.15, 0.2) is 24.3 Å². The number of hydrogen-bond acceptors (Lipinski definition) is 5. The van der Waals surface area contributed by atoms with Gasteiger partial charge in [-0.25, -0.2) is 4.79 Å². The van der Waals surface area contributed by atoms with E-state index in [4.69, 9.17) is 4.74 Å². The molecule has 0 bridgehead atoms. The highest BCUT2D eigenvalue weighted by Crippen LogP contribution is 2.20. The molecule has 1 aliphatic rings. The Morgan fingerprint density at radius 2 is 1.91 bits per heavy atom. The molecule has 8 heteroatoms. The third kappa shape index (κ3) is 4.08. The summed E-state index contributed by atoms with van der Waals surface area (Å²) in [5, 5.41) is 13.4. The van der Waals surface area contributed by atoms with Crippen molar-refractivity contribution >= 4 is 17.4 Å². The predicted octanol–water partition coefficient (Wildman–Crippen LogP) is 1.07. The fraction of sp³-hybridized carbons (Fsp3) is 0.500. The standard InChI is InChI=1S/C14H20N4O4/c1-22-11-6-15-14(19)17-9-7-16(8-10-17)12-2-4-13(5-3-12)18(20)21/h2-5H,6-11H2,1H3,(H,15,19). The van der Waals surface area contributed by atoms with Crippen molar-refractivity contribution in [3.8, 4) is 0 Å². The molecule has 0 radical (unpaired) electrons. The van der Waals surface area contributed by atoms with Gasteiger partial charge in [-0.15, -0.1) is 0 Å². The molecule has 1 aromatic rings. The van der Waals surface area contributed by atoms with Crippen LogP contribution in [0.2, 0.25) is 0 Å². The minimum Gasteiger partial charge on any atom is -0.383 e. The van der Waals surface area contributed by atoms with Gasteiger partial charge in [-0.2, -0.15) is 0 Å². The first kappa shape index (κ1) is 16.0. The van der Waals surface area contributed by atoms with E-state index in [0.29, 0.717) is 39.3 Å². The van der Waals surface area contributed by atoms with E-state index in [9.17, 15) is 14.9 Å². The number of ether oxygens (including phenoxy) is 1. The van der Waals surface area contributed by atoms with E-state index >= 15 is 0 Å². The summed E-state index contributed by atoms with van der Waals surface area (Å²) < 4.78 is 4.89. The fourth-order valence-corrected chi connectivity index (χ4v) is 2.32. The molecule has 0 unspecified atom stereocenters. The average Bonchev–Trinajstić information content (AvgIpc) is 2.55. The summed E-state index contributed by atoms with van der Waals surface area (Å²) in [5.41, 5.74) is 1.02. The summed E-state index contributed by atoms with van der Waals surface area (Å²) in [6.07, 6.45) is 0. The number of hydrogen-bond donors (Lipinski definition) is 1. The fourth-order valence-electron chi connectivity index (χ4n) is 2.32. The van der Waals surface area contributed by atoms with E-state index < -0.39 is 4.92 Å². The van der Waals surface area contributed by atoms with Crippen molar-refractivity contribution in [1.29, 1.82) is 0 Å². The molecule has 0 aromatic heterocycles. The lowest BCUT2D eigenvalue weighted by molar-refractivity contribution is -0.384. The normalized spacial score (nSPS) is 14.8. The SMILES string of the molecule is COCCNC(=O)N1CCN(c2ccc([N+](=O)[O-])cc2)CC1. The second-order valence-electron chi connectivity index (χ2n) is 4.97. The van der Waals surface area contributed by atoms with Crippen molar-refractivity contribution in [3.63, 3.8) is 0 Å². The van der Waals surface area contributed by atoms with Crippen molar-refractivity contribution in [2.75, 3.05) is 51.3 Å². The number of anilines is 1. The zero-order chi connectivity index (χ0) is 15.9. The summed E-state index contributed by atoms with van der Waals surface area (Å²) in [6.45, 7) is 3.64. The van der Waals surface area contributed by atoms with Crippen molar-refractivity contribution in [1.82, 2.24) is 10.2 Å². The Morgan fingerprint density at radius 3 is 2.45 bits per heavy atom. The molecule has 0 saturated carbocycles. The molecule has 120 valence electrons. The third-order valence-electron chi connectivity index (χ3n) is 3.57. The van der Waals surface area contributed by atoms with Gasteiger partial charge < -0.3 is 19.9 Å². The lowest BCUT2D eigenvalue weighted by atomic mass is 10.2. The molecule has 8 nitrogen and oxygen atoms in total. The Kier molecular flexibility index (Phi) is 5.54.